The highest BCUT2D eigenvalue weighted by atomic mass is 16.2. The Morgan fingerprint density at radius 2 is 1.92 bits per heavy atom. The van der Waals surface area contributed by atoms with Gasteiger partial charge in [0.25, 0.3) is 0 Å². The van der Waals surface area contributed by atoms with Crippen molar-refractivity contribution in [2.24, 2.45) is 0 Å². The second-order valence-corrected chi connectivity index (χ2v) is 6.96. The number of aryl methyl sites for hydroxylation is 2. The number of anilines is 1. The second kappa shape index (κ2) is 7.31. The normalized spacial score (nSPS) is 15.8. The maximum Gasteiger partial charge on any atom is 0.234 e. The molecule has 2 aromatic rings. The lowest BCUT2D eigenvalue weighted by molar-refractivity contribution is -0.122. The SMILES string of the molecule is Cc1cc(C)c2c(N3CCN(CC(=O)NC(C)C)CC3)ncnc2n1. The Labute approximate surface area is 148 Å². The highest BCUT2D eigenvalue weighted by Crippen LogP contribution is 2.26. The van der Waals surface area contributed by atoms with Crippen LogP contribution in [0.1, 0.15) is 25.1 Å². The van der Waals surface area contributed by atoms with Crippen LogP contribution in [0.25, 0.3) is 11.0 Å². The molecule has 0 atom stereocenters. The Hall–Kier alpha value is -2.28. The molecular formula is C18H26N6O. The quantitative estimate of drug-likeness (QED) is 0.902. The van der Waals surface area contributed by atoms with Gasteiger partial charge < -0.3 is 10.2 Å². The van der Waals surface area contributed by atoms with Crippen molar-refractivity contribution in [2.45, 2.75) is 33.7 Å². The molecule has 1 saturated heterocycles. The van der Waals surface area contributed by atoms with Gasteiger partial charge in [-0.05, 0) is 39.3 Å². The lowest BCUT2D eigenvalue weighted by Gasteiger charge is -2.35. The molecule has 0 unspecified atom stereocenters. The summed E-state index contributed by atoms with van der Waals surface area (Å²) < 4.78 is 0. The zero-order valence-corrected chi connectivity index (χ0v) is 15.4. The number of pyridine rings is 1. The van der Waals surface area contributed by atoms with Crippen LogP contribution in [0.4, 0.5) is 5.82 Å². The summed E-state index contributed by atoms with van der Waals surface area (Å²) >= 11 is 0. The van der Waals surface area contributed by atoms with Crippen molar-refractivity contribution in [3.05, 3.63) is 23.7 Å². The van der Waals surface area contributed by atoms with Crippen LogP contribution in [0, 0.1) is 13.8 Å². The highest BCUT2D eigenvalue weighted by molar-refractivity contribution is 5.90. The first-order valence-electron chi connectivity index (χ1n) is 8.79. The van der Waals surface area contributed by atoms with Gasteiger partial charge in [-0.1, -0.05) is 0 Å². The highest BCUT2D eigenvalue weighted by Gasteiger charge is 2.22. The van der Waals surface area contributed by atoms with Crippen LogP contribution in [0.15, 0.2) is 12.4 Å². The molecule has 0 aliphatic carbocycles. The molecule has 0 aromatic carbocycles. The molecule has 7 heteroatoms. The molecule has 0 bridgehead atoms. The van der Waals surface area contributed by atoms with Gasteiger partial charge in [0.2, 0.25) is 5.91 Å². The van der Waals surface area contributed by atoms with Gasteiger partial charge in [-0.25, -0.2) is 15.0 Å². The molecule has 1 N–H and O–H groups in total. The first-order chi connectivity index (χ1) is 11.9. The van der Waals surface area contributed by atoms with Crippen molar-refractivity contribution >= 4 is 22.8 Å². The maximum absolute atomic E-state index is 11.9. The Bertz CT molecular complexity index is 767. The molecule has 1 aliphatic rings. The van der Waals surface area contributed by atoms with E-state index in [1.807, 2.05) is 20.8 Å². The minimum atomic E-state index is 0.0893. The minimum Gasteiger partial charge on any atom is -0.353 e. The number of fused-ring (bicyclic) bond motifs is 1. The van der Waals surface area contributed by atoms with E-state index in [1.165, 1.54) is 0 Å². The van der Waals surface area contributed by atoms with E-state index in [2.05, 4.69) is 43.1 Å². The number of aromatic nitrogens is 3. The molecule has 0 spiro atoms. The molecule has 1 aliphatic heterocycles. The van der Waals surface area contributed by atoms with Gasteiger partial charge in [-0.3, -0.25) is 9.69 Å². The van der Waals surface area contributed by atoms with E-state index in [4.69, 9.17) is 0 Å². The van der Waals surface area contributed by atoms with E-state index in [9.17, 15) is 4.79 Å². The van der Waals surface area contributed by atoms with Crippen LogP contribution in [0.2, 0.25) is 0 Å². The van der Waals surface area contributed by atoms with Gasteiger partial charge >= 0.3 is 0 Å². The lowest BCUT2D eigenvalue weighted by atomic mass is 10.1. The summed E-state index contributed by atoms with van der Waals surface area (Å²) in [5, 5.41) is 3.97. The Morgan fingerprint density at radius 3 is 2.60 bits per heavy atom. The summed E-state index contributed by atoms with van der Waals surface area (Å²) in [6.07, 6.45) is 1.59. The van der Waals surface area contributed by atoms with Crippen LogP contribution in [0.3, 0.4) is 0 Å². The summed E-state index contributed by atoms with van der Waals surface area (Å²) in [5.41, 5.74) is 2.87. The topological polar surface area (TPSA) is 74.2 Å². The van der Waals surface area contributed by atoms with E-state index in [0.29, 0.717) is 6.54 Å². The molecule has 134 valence electrons. The van der Waals surface area contributed by atoms with Crippen LogP contribution in [-0.2, 0) is 4.79 Å². The van der Waals surface area contributed by atoms with Gasteiger partial charge in [0.05, 0.1) is 11.9 Å². The molecule has 0 saturated carbocycles. The summed E-state index contributed by atoms with van der Waals surface area (Å²) in [5.74, 6) is 1.03. The van der Waals surface area contributed by atoms with Crippen LogP contribution in [-0.4, -0.2) is 64.5 Å². The van der Waals surface area contributed by atoms with Crippen LogP contribution in [0.5, 0.6) is 0 Å². The first kappa shape index (κ1) is 17.5. The third-order valence-corrected chi connectivity index (χ3v) is 4.40. The Morgan fingerprint density at radius 1 is 1.20 bits per heavy atom. The smallest absolute Gasteiger partial charge is 0.234 e. The molecule has 0 radical (unpaired) electrons. The van der Waals surface area contributed by atoms with E-state index < -0.39 is 0 Å². The number of nitrogens with zero attached hydrogens (tertiary/aromatic N) is 5. The number of rotatable bonds is 4. The first-order valence-corrected chi connectivity index (χ1v) is 8.79. The van der Waals surface area contributed by atoms with Crippen molar-refractivity contribution in [1.82, 2.24) is 25.2 Å². The molecule has 1 fully saturated rings. The van der Waals surface area contributed by atoms with Crippen LogP contribution < -0.4 is 10.2 Å². The van der Waals surface area contributed by atoms with Gasteiger partial charge in [-0.2, -0.15) is 0 Å². The van der Waals surface area contributed by atoms with Crippen molar-refractivity contribution < 1.29 is 4.79 Å². The molecule has 1 amide bonds. The van der Waals surface area contributed by atoms with Crippen molar-refractivity contribution in [3.8, 4) is 0 Å². The van der Waals surface area contributed by atoms with Crippen molar-refractivity contribution in [3.63, 3.8) is 0 Å². The second-order valence-electron chi connectivity index (χ2n) is 6.96. The number of hydrogen-bond donors (Lipinski definition) is 1. The van der Waals surface area contributed by atoms with Gasteiger partial charge in [0, 0.05) is 37.9 Å². The summed E-state index contributed by atoms with van der Waals surface area (Å²) in [7, 11) is 0. The number of nitrogens with one attached hydrogen (secondary N) is 1. The largest absolute Gasteiger partial charge is 0.353 e. The fraction of sp³-hybridized carbons (Fsp3) is 0.556. The molecule has 3 rings (SSSR count). The lowest BCUT2D eigenvalue weighted by Crippen LogP contribution is -2.50. The fourth-order valence-electron chi connectivity index (χ4n) is 3.32. The van der Waals surface area contributed by atoms with Crippen molar-refractivity contribution in [1.29, 1.82) is 0 Å². The van der Waals surface area contributed by atoms with E-state index in [0.717, 1.165) is 54.3 Å². The van der Waals surface area contributed by atoms with E-state index in [1.54, 1.807) is 6.33 Å². The molecule has 3 heterocycles. The Balaban J connectivity index is 1.71. The predicted octanol–water partition coefficient (Wildman–Crippen LogP) is 1.29. The van der Waals surface area contributed by atoms with Crippen LogP contribution >= 0.6 is 0 Å². The number of carbonyl (C=O) groups is 1. The molecular weight excluding hydrogens is 316 g/mol. The monoisotopic (exact) mass is 342 g/mol. The van der Waals surface area contributed by atoms with Gasteiger partial charge in [-0.15, -0.1) is 0 Å². The van der Waals surface area contributed by atoms with E-state index in [-0.39, 0.29) is 11.9 Å². The van der Waals surface area contributed by atoms with Gasteiger partial charge in [0.1, 0.15) is 12.1 Å². The average molecular weight is 342 g/mol. The van der Waals surface area contributed by atoms with Gasteiger partial charge in [0.15, 0.2) is 5.65 Å². The zero-order chi connectivity index (χ0) is 18.0. The number of hydrogen-bond acceptors (Lipinski definition) is 6. The average Bonchev–Trinajstić information content (AvgIpc) is 2.54. The molecule has 7 nitrogen and oxygen atoms in total. The summed E-state index contributed by atoms with van der Waals surface area (Å²) in [6.45, 7) is 11.8. The third kappa shape index (κ3) is 4.04. The third-order valence-electron chi connectivity index (χ3n) is 4.40. The fourth-order valence-corrected chi connectivity index (χ4v) is 3.32. The number of piperazine rings is 1. The van der Waals surface area contributed by atoms with Crippen molar-refractivity contribution in [2.75, 3.05) is 37.6 Å². The summed E-state index contributed by atoms with van der Waals surface area (Å²) in [6, 6.07) is 2.25. The maximum atomic E-state index is 11.9. The zero-order valence-electron chi connectivity index (χ0n) is 15.4. The summed E-state index contributed by atoms with van der Waals surface area (Å²) in [4.78, 5) is 29.8. The van der Waals surface area contributed by atoms with E-state index >= 15 is 0 Å². The predicted molar refractivity (Wildman–Crippen MR) is 98.7 cm³/mol. The molecule has 2 aromatic heterocycles. The number of carbonyl (C=O) groups excluding carboxylic acids is 1. The standard InChI is InChI=1S/C18H26N6O/c1-12(2)21-15(25)10-23-5-7-24(8-6-23)18-16-13(3)9-14(4)22-17(16)19-11-20-18/h9,11-12H,5-8,10H2,1-4H3,(H,21,25). The molecule has 25 heavy (non-hydrogen) atoms. The minimum absolute atomic E-state index is 0.0893. The Kier molecular flexibility index (Phi) is 5.13. The number of amides is 1.